The Morgan fingerprint density at radius 1 is 1.11 bits per heavy atom. The summed E-state index contributed by atoms with van der Waals surface area (Å²) in [5.41, 5.74) is 0.714. The van der Waals surface area contributed by atoms with Crippen molar-refractivity contribution in [3.8, 4) is 5.75 Å². The van der Waals surface area contributed by atoms with Crippen LogP contribution >= 0.6 is 11.8 Å². The number of benzene rings is 2. The molecule has 0 fully saturated rings. The summed E-state index contributed by atoms with van der Waals surface area (Å²) in [5.74, 6) is 0.577. The van der Waals surface area contributed by atoms with Crippen molar-refractivity contribution in [2.45, 2.75) is 10.1 Å². The second-order valence-electron chi connectivity index (χ2n) is 5.61. The lowest BCUT2D eigenvalue weighted by atomic mass is 10.3. The molecular formula is C19H20N4O3S. The van der Waals surface area contributed by atoms with E-state index in [1.54, 1.807) is 6.33 Å². The molecule has 0 aliphatic carbocycles. The average Bonchev–Trinajstić information content (AvgIpc) is 3.08. The van der Waals surface area contributed by atoms with E-state index in [4.69, 9.17) is 9.47 Å². The molecule has 0 aliphatic rings. The first-order chi connectivity index (χ1) is 13.2. The van der Waals surface area contributed by atoms with Gasteiger partial charge in [-0.05, 0) is 48.2 Å². The normalized spacial score (nSPS) is 10.6. The molecule has 0 radical (unpaired) electrons. The fourth-order valence-electron chi connectivity index (χ4n) is 2.17. The Kier molecular flexibility index (Phi) is 6.84. The average molecular weight is 384 g/mol. The lowest BCUT2D eigenvalue weighted by molar-refractivity contribution is -0.120. The van der Waals surface area contributed by atoms with Crippen LogP contribution in [-0.2, 0) is 16.6 Å². The summed E-state index contributed by atoms with van der Waals surface area (Å²) in [4.78, 5) is 12.9. The predicted octanol–water partition coefficient (Wildman–Crippen LogP) is 3.00. The predicted molar refractivity (Wildman–Crippen MR) is 103 cm³/mol. The Balaban J connectivity index is 1.36. The van der Waals surface area contributed by atoms with Gasteiger partial charge in [-0.3, -0.25) is 4.79 Å². The van der Waals surface area contributed by atoms with E-state index in [0.717, 1.165) is 15.8 Å². The Morgan fingerprint density at radius 3 is 2.59 bits per heavy atom. The number of aryl methyl sites for hydroxylation is 1. The molecule has 2 aromatic carbocycles. The van der Waals surface area contributed by atoms with E-state index in [2.05, 4.69) is 15.5 Å². The molecule has 3 rings (SSSR count). The monoisotopic (exact) mass is 384 g/mol. The molecule has 7 nitrogen and oxygen atoms in total. The summed E-state index contributed by atoms with van der Waals surface area (Å²) in [6.07, 6.45) is 1.65. The van der Waals surface area contributed by atoms with Gasteiger partial charge in [0.1, 0.15) is 25.3 Å². The highest BCUT2D eigenvalue weighted by molar-refractivity contribution is 7.99. The van der Waals surface area contributed by atoms with Gasteiger partial charge in [0.25, 0.3) is 0 Å². The number of nitrogens with zero attached hydrogens (tertiary/aromatic N) is 3. The van der Waals surface area contributed by atoms with E-state index in [1.165, 1.54) is 11.8 Å². The van der Waals surface area contributed by atoms with Crippen molar-refractivity contribution in [1.82, 2.24) is 14.8 Å². The molecule has 27 heavy (non-hydrogen) atoms. The van der Waals surface area contributed by atoms with Crippen LogP contribution in [0.2, 0.25) is 0 Å². The minimum Gasteiger partial charge on any atom is -0.491 e. The molecule has 0 saturated carbocycles. The van der Waals surface area contributed by atoms with Gasteiger partial charge in [-0.15, -0.1) is 10.2 Å². The van der Waals surface area contributed by atoms with Crippen molar-refractivity contribution in [2.75, 3.05) is 25.1 Å². The number of anilines is 1. The molecule has 1 aromatic heterocycles. The van der Waals surface area contributed by atoms with Crippen LogP contribution in [0.5, 0.6) is 5.75 Å². The van der Waals surface area contributed by atoms with Crippen LogP contribution in [0.25, 0.3) is 0 Å². The third kappa shape index (κ3) is 6.12. The molecule has 8 heteroatoms. The highest BCUT2D eigenvalue weighted by atomic mass is 32.2. The maximum Gasteiger partial charge on any atom is 0.250 e. The number of hydrogen-bond acceptors (Lipinski definition) is 6. The maximum absolute atomic E-state index is 11.9. The van der Waals surface area contributed by atoms with Gasteiger partial charge < -0.3 is 19.4 Å². The first-order valence-electron chi connectivity index (χ1n) is 8.38. The Bertz CT molecular complexity index is 853. The number of ether oxygens (including phenoxy) is 2. The van der Waals surface area contributed by atoms with Crippen LogP contribution in [-0.4, -0.2) is 40.5 Å². The van der Waals surface area contributed by atoms with Crippen molar-refractivity contribution in [2.24, 2.45) is 7.05 Å². The van der Waals surface area contributed by atoms with Crippen LogP contribution in [0.4, 0.5) is 5.69 Å². The lowest BCUT2D eigenvalue weighted by Gasteiger charge is -2.08. The van der Waals surface area contributed by atoms with E-state index in [0.29, 0.717) is 18.9 Å². The number of nitrogens with one attached hydrogen (secondary N) is 1. The molecule has 0 atom stereocenters. The van der Waals surface area contributed by atoms with Crippen LogP contribution < -0.4 is 10.1 Å². The minimum absolute atomic E-state index is 0.0202. The first-order valence-corrected chi connectivity index (χ1v) is 9.20. The summed E-state index contributed by atoms with van der Waals surface area (Å²) in [7, 11) is 1.89. The molecule has 1 heterocycles. The van der Waals surface area contributed by atoms with Crippen molar-refractivity contribution in [1.29, 1.82) is 0 Å². The molecule has 3 aromatic rings. The first kappa shape index (κ1) is 18.9. The summed E-state index contributed by atoms with van der Waals surface area (Å²) in [6, 6.07) is 17.0. The van der Waals surface area contributed by atoms with Crippen molar-refractivity contribution < 1.29 is 14.3 Å². The molecule has 0 unspecified atom stereocenters. The standard InChI is InChI=1S/C19H20N4O3S/c1-23-14-20-22-19(23)27-17-9-7-15(8-10-17)21-18(24)13-25-11-12-26-16-5-3-2-4-6-16/h2-10,14H,11-13H2,1H3,(H,21,24). The Labute approximate surface area is 161 Å². The molecular weight excluding hydrogens is 364 g/mol. The fourth-order valence-corrected chi connectivity index (χ4v) is 2.94. The van der Waals surface area contributed by atoms with Crippen LogP contribution in [0.1, 0.15) is 0 Å². The van der Waals surface area contributed by atoms with E-state index in [9.17, 15) is 4.79 Å². The van der Waals surface area contributed by atoms with E-state index in [1.807, 2.05) is 66.2 Å². The summed E-state index contributed by atoms with van der Waals surface area (Å²) >= 11 is 1.50. The minimum atomic E-state index is -0.205. The molecule has 0 bridgehead atoms. The topological polar surface area (TPSA) is 78.3 Å². The van der Waals surface area contributed by atoms with E-state index in [-0.39, 0.29) is 12.5 Å². The highest BCUT2D eigenvalue weighted by Crippen LogP contribution is 2.26. The van der Waals surface area contributed by atoms with Gasteiger partial charge in [-0.25, -0.2) is 0 Å². The number of carbonyl (C=O) groups is 1. The lowest BCUT2D eigenvalue weighted by Crippen LogP contribution is -2.20. The number of carbonyl (C=O) groups excluding carboxylic acids is 1. The molecule has 0 aliphatic heterocycles. The van der Waals surface area contributed by atoms with Gasteiger partial charge in [-0.2, -0.15) is 0 Å². The zero-order valence-electron chi connectivity index (χ0n) is 14.9. The van der Waals surface area contributed by atoms with Crippen LogP contribution in [0.15, 0.2) is 71.0 Å². The third-order valence-corrected chi connectivity index (χ3v) is 4.55. The third-order valence-electron chi connectivity index (χ3n) is 3.49. The van der Waals surface area contributed by atoms with Gasteiger partial charge >= 0.3 is 0 Å². The molecule has 1 amide bonds. The van der Waals surface area contributed by atoms with Gasteiger partial charge in [0.2, 0.25) is 5.91 Å². The summed E-state index contributed by atoms with van der Waals surface area (Å²) < 4.78 is 12.7. The largest absolute Gasteiger partial charge is 0.491 e. The van der Waals surface area contributed by atoms with Crippen molar-refractivity contribution >= 4 is 23.4 Å². The number of rotatable bonds is 9. The van der Waals surface area contributed by atoms with Gasteiger partial charge in [0.05, 0.1) is 6.61 Å². The number of hydrogen-bond donors (Lipinski definition) is 1. The quantitative estimate of drug-likeness (QED) is 0.572. The summed E-state index contributed by atoms with van der Waals surface area (Å²) in [6.45, 7) is 0.717. The number of amides is 1. The summed E-state index contributed by atoms with van der Waals surface area (Å²) in [5, 5.41) is 11.5. The second-order valence-corrected chi connectivity index (χ2v) is 6.65. The Hall–Kier alpha value is -2.84. The molecule has 0 saturated heterocycles. The molecule has 140 valence electrons. The second kappa shape index (κ2) is 9.75. The van der Waals surface area contributed by atoms with Gasteiger partial charge in [0, 0.05) is 17.6 Å². The fraction of sp³-hybridized carbons (Fsp3) is 0.211. The maximum atomic E-state index is 11.9. The van der Waals surface area contributed by atoms with Crippen molar-refractivity contribution in [3.63, 3.8) is 0 Å². The van der Waals surface area contributed by atoms with Crippen molar-refractivity contribution in [3.05, 3.63) is 60.9 Å². The Morgan fingerprint density at radius 2 is 1.89 bits per heavy atom. The molecule has 0 spiro atoms. The zero-order chi connectivity index (χ0) is 18.9. The van der Waals surface area contributed by atoms with Crippen LogP contribution in [0.3, 0.4) is 0 Å². The highest BCUT2D eigenvalue weighted by Gasteiger charge is 2.06. The van der Waals surface area contributed by atoms with Crippen LogP contribution in [0, 0.1) is 0 Å². The smallest absolute Gasteiger partial charge is 0.250 e. The number of aromatic nitrogens is 3. The zero-order valence-corrected chi connectivity index (χ0v) is 15.7. The van der Waals surface area contributed by atoms with E-state index >= 15 is 0 Å². The molecule has 1 N–H and O–H groups in total. The SMILES string of the molecule is Cn1cnnc1Sc1ccc(NC(=O)COCCOc2ccccc2)cc1. The van der Waals surface area contributed by atoms with Gasteiger partial charge in [-0.1, -0.05) is 18.2 Å². The van der Waals surface area contributed by atoms with E-state index < -0.39 is 0 Å². The number of para-hydroxylation sites is 1. The van der Waals surface area contributed by atoms with Gasteiger partial charge in [0.15, 0.2) is 5.16 Å².